The molecule has 1 heterocycles. The third kappa shape index (κ3) is 4.04. The van der Waals surface area contributed by atoms with E-state index in [4.69, 9.17) is 10.5 Å². The fourth-order valence-corrected chi connectivity index (χ4v) is 1.61. The molecule has 0 aromatic rings. The Morgan fingerprint density at radius 1 is 1.54 bits per heavy atom. The van der Waals surface area contributed by atoms with Crippen LogP contribution in [0, 0.1) is 0 Å². The third-order valence-corrected chi connectivity index (χ3v) is 2.44. The van der Waals surface area contributed by atoms with E-state index < -0.39 is 0 Å². The average molecular weight is 187 g/mol. The number of nitrogens with two attached hydrogens (primary N) is 1. The first-order chi connectivity index (χ1) is 6.36. The fraction of sp³-hybridized carbons (Fsp3) is 1.00. The molecule has 0 aromatic heterocycles. The molecule has 78 valence electrons. The van der Waals surface area contributed by atoms with E-state index in [-0.39, 0.29) is 6.23 Å². The van der Waals surface area contributed by atoms with Crippen molar-refractivity contribution in [1.29, 1.82) is 0 Å². The number of piperazine rings is 1. The van der Waals surface area contributed by atoms with Gasteiger partial charge in [-0.05, 0) is 25.9 Å². The first-order valence-corrected chi connectivity index (χ1v) is 5.05. The van der Waals surface area contributed by atoms with Gasteiger partial charge in [-0.15, -0.1) is 0 Å². The number of nitrogens with zero attached hydrogens (tertiary/aromatic N) is 1. The molecule has 0 unspecified atom stereocenters. The highest BCUT2D eigenvalue weighted by atomic mass is 16.5. The normalized spacial score (nSPS) is 24.9. The first kappa shape index (κ1) is 10.9. The number of hydrogen-bond acceptors (Lipinski definition) is 4. The molecule has 1 aliphatic rings. The van der Waals surface area contributed by atoms with Gasteiger partial charge in [-0.3, -0.25) is 10.2 Å². The molecule has 0 saturated carbocycles. The van der Waals surface area contributed by atoms with Crippen LogP contribution in [0.2, 0.25) is 0 Å². The zero-order valence-electron chi connectivity index (χ0n) is 8.46. The van der Waals surface area contributed by atoms with E-state index in [1.807, 2.05) is 0 Å². The molecule has 0 radical (unpaired) electrons. The minimum Gasteiger partial charge on any atom is -0.365 e. The summed E-state index contributed by atoms with van der Waals surface area (Å²) in [5.41, 5.74) is 5.44. The Labute approximate surface area is 80.4 Å². The van der Waals surface area contributed by atoms with Gasteiger partial charge in [0, 0.05) is 26.7 Å². The van der Waals surface area contributed by atoms with E-state index in [0.29, 0.717) is 0 Å². The smallest absolute Gasteiger partial charge is 0.120 e. The predicted molar refractivity (Wildman–Crippen MR) is 53.5 cm³/mol. The van der Waals surface area contributed by atoms with E-state index in [1.54, 1.807) is 7.11 Å². The lowest BCUT2D eigenvalue weighted by molar-refractivity contribution is 0.0158. The van der Waals surface area contributed by atoms with Crippen LogP contribution in [0.4, 0.5) is 0 Å². The molecule has 0 spiro atoms. The molecule has 0 amide bonds. The summed E-state index contributed by atoms with van der Waals surface area (Å²) in [4.78, 5) is 2.43. The van der Waals surface area contributed by atoms with Gasteiger partial charge >= 0.3 is 0 Å². The van der Waals surface area contributed by atoms with Gasteiger partial charge in [0.15, 0.2) is 0 Å². The average Bonchev–Trinajstić information content (AvgIpc) is 2.19. The Morgan fingerprint density at radius 3 is 3.08 bits per heavy atom. The summed E-state index contributed by atoms with van der Waals surface area (Å²) in [5, 5.41) is 3.30. The van der Waals surface area contributed by atoms with Gasteiger partial charge in [0.25, 0.3) is 0 Å². The highest BCUT2D eigenvalue weighted by molar-refractivity contribution is 4.71. The molecule has 1 aliphatic heterocycles. The van der Waals surface area contributed by atoms with Crippen molar-refractivity contribution in [3.8, 4) is 0 Å². The Kier molecular flexibility index (Phi) is 5.31. The van der Waals surface area contributed by atoms with Crippen LogP contribution in [-0.4, -0.2) is 51.0 Å². The maximum Gasteiger partial charge on any atom is 0.120 e. The summed E-state index contributed by atoms with van der Waals surface area (Å²) in [5.74, 6) is 0. The largest absolute Gasteiger partial charge is 0.365 e. The van der Waals surface area contributed by atoms with Gasteiger partial charge in [0.2, 0.25) is 0 Å². The summed E-state index contributed by atoms with van der Waals surface area (Å²) in [6.45, 7) is 5.12. The van der Waals surface area contributed by atoms with Crippen LogP contribution < -0.4 is 11.1 Å². The van der Waals surface area contributed by atoms with Crippen LogP contribution >= 0.6 is 0 Å². The fourth-order valence-electron chi connectivity index (χ4n) is 1.61. The van der Waals surface area contributed by atoms with Crippen LogP contribution in [0.25, 0.3) is 0 Å². The van der Waals surface area contributed by atoms with Crippen molar-refractivity contribution in [2.75, 3.05) is 39.8 Å². The molecule has 1 atom stereocenters. The van der Waals surface area contributed by atoms with Gasteiger partial charge in [-0.1, -0.05) is 0 Å². The van der Waals surface area contributed by atoms with Crippen LogP contribution in [0.1, 0.15) is 12.8 Å². The molecule has 1 rings (SSSR count). The number of unbranched alkanes of at least 4 members (excludes halogenated alkanes) is 1. The number of nitrogens with one attached hydrogen (secondary N) is 1. The van der Waals surface area contributed by atoms with Crippen molar-refractivity contribution in [2.45, 2.75) is 19.1 Å². The van der Waals surface area contributed by atoms with E-state index in [0.717, 1.165) is 39.1 Å². The Bertz CT molecular complexity index is 132. The summed E-state index contributed by atoms with van der Waals surface area (Å²) in [6.07, 6.45) is 2.54. The van der Waals surface area contributed by atoms with Crippen LogP contribution in [0.15, 0.2) is 0 Å². The van der Waals surface area contributed by atoms with Crippen molar-refractivity contribution in [1.82, 2.24) is 10.2 Å². The number of ether oxygens (including phenoxy) is 1. The second kappa shape index (κ2) is 6.32. The number of hydrogen-bond donors (Lipinski definition) is 2. The van der Waals surface area contributed by atoms with E-state index in [1.165, 1.54) is 6.42 Å². The molecular formula is C9H21N3O. The van der Waals surface area contributed by atoms with E-state index in [2.05, 4.69) is 10.2 Å². The summed E-state index contributed by atoms with van der Waals surface area (Å²) >= 11 is 0. The van der Waals surface area contributed by atoms with E-state index >= 15 is 0 Å². The summed E-state index contributed by atoms with van der Waals surface area (Å²) in [7, 11) is 1.75. The van der Waals surface area contributed by atoms with Gasteiger partial charge in [0.1, 0.15) is 6.23 Å². The van der Waals surface area contributed by atoms with Gasteiger partial charge in [0.05, 0.1) is 0 Å². The van der Waals surface area contributed by atoms with Crippen LogP contribution in [0.3, 0.4) is 0 Å². The molecule has 13 heavy (non-hydrogen) atoms. The molecule has 4 nitrogen and oxygen atoms in total. The van der Waals surface area contributed by atoms with Crippen molar-refractivity contribution < 1.29 is 4.74 Å². The molecule has 4 heteroatoms. The molecule has 1 saturated heterocycles. The molecule has 0 aliphatic carbocycles. The monoisotopic (exact) mass is 187 g/mol. The summed E-state index contributed by atoms with van der Waals surface area (Å²) < 4.78 is 5.25. The Morgan fingerprint density at radius 2 is 2.38 bits per heavy atom. The lowest BCUT2D eigenvalue weighted by atomic mass is 10.2. The molecule has 3 N–H and O–H groups in total. The second-order valence-electron chi connectivity index (χ2n) is 3.47. The lowest BCUT2D eigenvalue weighted by Gasteiger charge is -2.32. The predicted octanol–water partition coefficient (Wildman–Crippen LogP) is -0.397. The third-order valence-electron chi connectivity index (χ3n) is 2.44. The standard InChI is InChI=1S/C9H21N3O/c1-13-9-8-12(7-5-11-9)6-3-2-4-10/h9,11H,2-8,10H2,1H3/t9-/m1/s1. The van der Waals surface area contributed by atoms with Crippen LogP contribution in [0.5, 0.6) is 0 Å². The summed E-state index contributed by atoms with van der Waals surface area (Å²) in [6, 6.07) is 0. The maximum absolute atomic E-state index is 5.44. The minimum atomic E-state index is 0.214. The zero-order valence-corrected chi connectivity index (χ0v) is 8.46. The topological polar surface area (TPSA) is 50.5 Å². The minimum absolute atomic E-state index is 0.214. The van der Waals surface area contributed by atoms with Gasteiger partial charge in [-0.25, -0.2) is 0 Å². The highest BCUT2D eigenvalue weighted by Gasteiger charge is 2.17. The molecular weight excluding hydrogens is 166 g/mol. The highest BCUT2D eigenvalue weighted by Crippen LogP contribution is 2.01. The first-order valence-electron chi connectivity index (χ1n) is 5.05. The quantitative estimate of drug-likeness (QED) is 0.575. The van der Waals surface area contributed by atoms with Crippen molar-refractivity contribution >= 4 is 0 Å². The van der Waals surface area contributed by atoms with E-state index in [9.17, 15) is 0 Å². The number of methoxy groups -OCH3 is 1. The second-order valence-corrected chi connectivity index (χ2v) is 3.47. The Hall–Kier alpha value is -0.160. The van der Waals surface area contributed by atoms with Crippen molar-refractivity contribution in [2.24, 2.45) is 5.73 Å². The van der Waals surface area contributed by atoms with Gasteiger partial charge in [-0.2, -0.15) is 0 Å². The van der Waals surface area contributed by atoms with Gasteiger partial charge < -0.3 is 10.5 Å². The van der Waals surface area contributed by atoms with Crippen molar-refractivity contribution in [3.05, 3.63) is 0 Å². The Balaban J connectivity index is 2.11. The molecule has 0 bridgehead atoms. The SMILES string of the molecule is CO[C@@H]1CN(CCCCN)CCN1. The molecule has 1 fully saturated rings. The maximum atomic E-state index is 5.44. The zero-order chi connectivity index (χ0) is 9.52. The van der Waals surface area contributed by atoms with Crippen LogP contribution in [-0.2, 0) is 4.74 Å². The lowest BCUT2D eigenvalue weighted by Crippen LogP contribution is -2.51. The molecule has 0 aromatic carbocycles. The van der Waals surface area contributed by atoms with Crippen molar-refractivity contribution in [3.63, 3.8) is 0 Å². The number of rotatable bonds is 5.